The maximum Gasteiger partial charge on any atom is 0.275 e. The van der Waals surface area contributed by atoms with Crippen LogP contribution in [0.2, 0.25) is 0 Å². The number of nitrogens with two attached hydrogens (primary N) is 1. The molecule has 0 aliphatic carbocycles. The predicted molar refractivity (Wildman–Crippen MR) is 101 cm³/mol. The van der Waals surface area contributed by atoms with E-state index in [1.807, 2.05) is 0 Å². The molecule has 0 bridgehead atoms. The Balaban J connectivity index is 2.31. The van der Waals surface area contributed by atoms with Crippen molar-refractivity contribution in [2.45, 2.75) is 11.4 Å². The second-order valence-corrected chi connectivity index (χ2v) is 7.95. The number of ether oxygens (including phenoxy) is 1. The van der Waals surface area contributed by atoms with E-state index in [4.69, 9.17) is 10.5 Å². The Morgan fingerprint density at radius 3 is 2.73 bits per heavy atom. The van der Waals surface area contributed by atoms with Crippen molar-refractivity contribution in [1.29, 1.82) is 0 Å². The number of aromatic nitrogens is 1. The number of nitrogens with one attached hydrogen (secondary N) is 3. The zero-order valence-electron chi connectivity index (χ0n) is 14.4. The molecule has 1 aromatic heterocycles. The van der Waals surface area contributed by atoms with E-state index in [0.717, 1.165) is 0 Å². The van der Waals surface area contributed by atoms with Gasteiger partial charge in [-0.2, -0.15) is 0 Å². The van der Waals surface area contributed by atoms with Crippen LogP contribution in [0.3, 0.4) is 0 Å². The smallest absolute Gasteiger partial charge is 0.275 e. The minimum atomic E-state index is -3.65. The van der Waals surface area contributed by atoms with Crippen LogP contribution in [0, 0.1) is 0 Å². The Labute approximate surface area is 156 Å². The number of sulfonamides is 1. The Morgan fingerprint density at radius 1 is 1.35 bits per heavy atom. The van der Waals surface area contributed by atoms with Crippen molar-refractivity contribution in [1.82, 2.24) is 9.71 Å². The third-order valence-corrected chi connectivity index (χ3v) is 5.68. The first-order valence-corrected chi connectivity index (χ1v) is 10.0. The van der Waals surface area contributed by atoms with Gasteiger partial charge in [-0.3, -0.25) is 4.79 Å². The molecular formula is C15H21N5O4S2. The van der Waals surface area contributed by atoms with Gasteiger partial charge in [0.1, 0.15) is 10.7 Å². The van der Waals surface area contributed by atoms with Crippen molar-refractivity contribution in [2.24, 2.45) is 5.73 Å². The van der Waals surface area contributed by atoms with Gasteiger partial charge in [-0.05, 0) is 25.2 Å². The highest BCUT2D eigenvalue weighted by Gasteiger charge is 2.17. The average Bonchev–Trinajstić information content (AvgIpc) is 3.12. The lowest BCUT2D eigenvalue weighted by atomic mass is 10.2. The largest absolute Gasteiger partial charge is 0.383 e. The number of hydrogen-bond acceptors (Lipinski definition) is 8. The van der Waals surface area contributed by atoms with Crippen molar-refractivity contribution in [3.63, 3.8) is 0 Å². The number of thiazole rings is 1. The maximum absolute atomic E-state index is 12.4. The lowest BCUT2D eigenvalue weighted by Gasteiger charge is -2.14. The number of rotatable bonds is 9. The number of methoxy groups -OCH3 is 1. The summed E-state index contributed by atoms with van der Waals surface area (Å²) < 4.78 is 31.3. The van der Waals surface area contributed by atoms with Gasteiger partial charge in [-0.25, -0.2) is 18.1 Å². The fraction of sp³-hybridized carbons (Fsp3) is 0.333. The van der Waals surface area contributed by atoms with Crippen LogP contribution in [0.25, 0.3) is 0 Å². The molecule has 2 rings (SSSR count). The average molecular weight is 399 g/mol. The van der Waals surface area contributed by atoms with E-state index < -0.39 is 15.9 Å². The second-order valence-electron chi connectivity index (χ2n) is 5.12. The quantitative estimate of drug-likeness (QED) is 0.458. The second kappa shape index (κ2) is 9.05. The van der Waals surface area contributed by atoms with E-state index in [2.05, 4.69) is 20.3 Å². The lowest BCUT2D eigenvalue weighted by molar-refractivity contribution is 0.102. The third-order valence-electron chi connectivity index (χ3n) is 3.40. The van der Waals surface area contributed by atoms with E-state index in [0.29, 0.717) is 29.5 Å². The van der Waals surface area contributed by atoms with Crippen LogP contribution in [-0.2, 0) is 21.3 Å². The number of carbonyl (C=O) groups excluding carboxylic acids is 1. The summed E-state index contributed by atoms with van der Waals surface area (Å²) in [5.41, 5.74) is 6.63. The summed E-state index contributed by atoms with van der Waals surface area (Å²) in [5.74, 6) is -0.449. The first-order chi connectivity index (χ1) is 12.4. The SMILES string of the molecule is CNS(=O)(=O)c1ccc(NCCOC)c(NC(=O)c2csc(CN)n2)c1. The summed E-state index contributed by atoms with van der Waals surface area (Å²) in [6.07, 6.45) is 0. The Hall–Kier alpha value is -2.05. The number of benzene rings is 1. The molecule has 0 spiro atoms. The molecule has 142 valence electrons. The molecule has 0 aliphatic rings. The summed E-state index contributed by atoms with van der Waals surface area (Å²) in [6, 6.07) is 4.42. The molecule has 26 heavy (non-hydrogen) atoms. The summed E-state index contributed by atoms with van der Waals surface area (Å²) in [4.78, 5) is 16.6. The van der Waals surface area contributed by atoms with Crippen LogP contribution in [-0.4, -0.2) is 46.6 Å². The topological polar surface area (TPSA) is 135 Å². The summed E-state index contributed by atoms with van der Waals surface area (Å²) >= 11 is 1.29. The van der Waals surface area contributed by atoms with Gasteiger partial charge < -0.3 is 21.1 Å². The van der Waals surface area contributed by atoms with Crippen LogP contribution in [0.4, 0.5) is 11.4 Å². The molecule has 0 saturated heterocycles. The molecule has 1 aromatic carbocycles. The van der Waals surface area contributed by atoms with Gasteiger partial charge in [0.2, 0.25) is 10.0 Å². The number of hydrogen-bond donors (Lipinski definition) is 4. The molecule has 0 fully saturated rings. The molecule has 0 saturated carbocycles. The molecule has 0 radical (unpaired) electrons. The number of nitrogens with zero attached hydrogens (tertiary/aromatic N) is 1. The minimum Gasteiger partial charge on any atom is -0.383 e. The van der Waals surface area contributed by atoms with E-state index in [-0.39, 0.29) is 17.1 Å². The van der Waals surface area contributed by atoms with Crippen molar-refractivity contribution in [2.75, 3.05) is 37.9 Å². The van der Waals surface area contributed by atoms with Crippen LogP contribution < -0.4 is 21.1 Å². The van der Waals surface area contributed by atoms with Gasteiger partial charge in [0.15, 0.2) is 0 Å². The van der Waals surface area contributed by atoms with Crippen LogP contribution >= 0.6 is 11.3 Å². The van der Waals surface area contributed by atoms with Crippen LogP contribution in [0.1, 0.15) is 15.5 Å². The van der Waals surface area contributed by atoms with Crippen molar-refractivity contribution < 1.29 is 17.9 Å². The molecule has 0 atom stereocenters. The third kappa shape index (κ3) is 4.99. The van der Waals surface area contributed by atoms with Gasteiger partial charge in [0.05, 0.1) is 22.9 Å². The summed E-state index contributed by atoms with van der Waals surface area (Å²) in [7, 11) is -0.752. The number of carbonyl (C=O) groups is 1. The monoisotopic (exact) mass is 399 g/mol. The van der Waals surface area contributed by atoms with Crippen molar-refractivity contribution >= 4 is 38.6 Å². The van der Waals surface area contributed by atoms with E-state index >= 15 is 0 Å². The standard InChI is InChI=1S/C15H21N5O4S2/c1-17-26(22,23)10-3-4-11(18-5-6-24-2)12(7-10)20-15(21)13-9-25-14(8-16)19-13/h3-4,7,9,17-18H,5-6,8,16H2,1-2H3,(H,20,21). The van der Waals surface area contributed by atoms with Gasteiger partial charge in [0, 0.05) is 25.6 Å². The fourth-order valence-corrected chi connectivity index (χ4v) is 3.46. The molecular weight excluding hydrogens is 378 g/mol. The first-order valence-electron chi connectivity index (χ1n) is 7.67. The predicted octanol–water partition coefficient (Wildman–Crippen LogP) is 0.820. The van der Waals surface area contributed by atoms with E-state index in [1.165, 1.54) is 30.5 Å². The van der Waals surface area contributed by atoms with E-state index in [9.17, 15) is 13.2 Å². The lowest BCUT2D eigenvalue weighted by Crippen LogP contribution is -2.20. The van der Waals surface area contributed by atoms with E-state index in [1.54, 1.807) is 18.6 Å². The molecule has 2 aromatic rings. The van der Waals surface area contributed by atoms with Crippen LogP contribution in [0.5, 0.6) is 0 Å². The normalized spacial score (nSPS) is 11.3. The fourth-order valence-electron chi connectivity index (χ4n) is 2.05. The Kier molecular flexibility index (Phi) is 7.06. The number of anilines is 2. The molecule has 0 aliphatic heterocycles. The molecule has 9 nitrogen and oxygen atoms in total. The van der Waals surface area contributed by atoms with Gasteiger partial charge in [-0.15, -0.1) is 11.3 Å². The van der Waals surface area contributed by atoms with Gasteiger partial charge >= 0.3 is 0 Å². The van der Waals surface area contributed by atoms with Gasteiger partial charge in [0.25, 0.3) is 5.91 Å². The first kappa shape index (κ1) is 20.3. The maximum atomic E-state index is 12.4. The zero-order valence-corrected chi connectivity index (χ0v) is 16.0. The minimum absolute atomic E-state index is 0.0357. The molecule has 1 amide bonds. The molecule has 1 heterocycles. The number of amides is 1. The van der Waals surface area contributed by atoms with Gasteiger partial charge in [-0.1, -0.05) is 0 Å². The van der Waals surface area contributed by atoms with Crippen molar-refractivity contribution in [3.05, 3.63) is 34.3 Å². The molecule has 5 N–H and O–H groups in total. The zero-order chi connectivity index (χ0) is 19.2. The molecule has 11 heteroatoms. The highest BCUT2D eigenvalue weighted by molar-refractivity contribution is 7.89. The Bertz CT molecular complexity index is 867. The summed E-state index contributed by atoms with van der Waals surface area (Å²) in [6.45, 7) is 1.19. The Morgan fingerprint density at radius 2 is 2.12 bits per heavy atom. The molecule has 0 unspecified atom stereocenters. The summed E-state index contributed by atoms with van der Waals surface area (Å²) in [5, 5.41) is 8.03. The highest BCUT2D eigenvalue weighted by Crippen LogP contribution is 2.26. The van der Waals surface area contributed by atoms with Crippen molar-refractivity contribution in [3.8, 4) is 0 Å². The highest BCUT2D eigenvalue weighted by atomic mass is 32.2. The van der Waals surface area contributed by atoms with Crippen LogP contribution in [0.15, 0.2) is 28.5 Å².